The van der Waals surface area contributed by atoms with Crippen LogP contribution in [0.1, 0.15) is 25.7 Å². The SMILES string of the molecule is O=[N+]([O-])c1ccc2nc(N(CCO)C3CCCC3)[nH]c2c1. The first-order valence-corrected chi connectivity index (χ1v) is 7.20. The molecule has 2 aromatic rings. The number of nitro benzene ring substituents is 1. The summed E-state index contributed by atoms with van der Waals surface area (Å²) in [6.07, 6.45) is 4.57. The van der Waals surface area contributed by atoms with E-state index in [2.05, 4.69) is 14.9 Å². The van der Waals surface area contributed by atoms with Crippen molar-refractivity contribution in [3.05, 3.63) is 28.3 Å². The number of aromatic amines is 1. The molecule has 3 rings (SSSR count). The topological polar surface area (TPSA) is 95.3 Å². The molecule has 0 bridgehead atoms. The Kier molecular flexibility index (Phi) is 3.74. The minimum atomic E-state index is -0.414. The van der Waals surface area contributed by atoms with Crippen molar-refractivity contribution in [2.45, 2.75) is 31.7 Å². The maximum Gasteiger partial charge on any atom is 0.271 e. The van der Waals surface area contributed by atoms with Crippen LogP contribution in [0.25, 0.3) is 11.0 Å². The Labute approximate surface area is 121 Å². The Bertz CT molecular complexity index is 649. The van der Waals surface area contributed by atoms with Gasteiger partial charge in [0.05, 0.1) is 22.6 Å². The molecule has 7 nitrogen and oxygen atoms in total. The molecule has 1 aromatic carbocycles. The second kappa shape index (κ2) is 5.69. The van der Waals surface area contributed by atoms with Crippen molar-refractivity contribution < 1.29 is 10.0 Å². The predicted molar refractivity (Wildman–Crippen MR) is 79.4 cm³/mol. The first-order chi connectivity index (χ1) is 10.2. The van der Waals surface area contributed by atoms with Gasteiger partial charge in [-0.15, -0.1) is 0 Å². The molecule has 0 spiro atoms. The molecule has 0 aliphatic heterocycles. The van der Waals surface area contributed by atoms with Crippen LogP contribution in [0.3, 0.4) is 0 Å². The van der Waals surface area contributed by atoms with Crippen LogP contribution in [0.4, 0.5) is 11.6 Å². The zero-order chi connectivity index (χ0) is 14.8. The maximum absolute atomic E-state index is 10.8. The molecule has 2 N–H and O–H groups in total. The fourth-order valence-electron chi connectivity index (χ4n) is 3.02. The third kappa shape index (κ3) is 2.69. The van der Waals surface area contributed by atoms with Crippen molar-refractivity contribution in [2.75, 3.05) is 18.1 Å². The van der Waals surface area contributed by atoms with Gasteiger partial charge in [-0.2, -0.15) is 0 Å². The molecular weight excluding hydrogens is 272 g/mol. The van der Waals surface area contributed by atoms with Gasteiger partial charge < -0.3 is 15.0 Å². The molecule has 0 atom stereocenters. The van der Waals surface area contributed by atoms with Crippen LogP contribution < -0.4 is 4.90 Å². The number of nitro groups is 1. The molecule has 0 amide bonds. The van der Waals surface area contributed by atoms with Crippen molar-refractivity contribution in [1.29, 1.82) is 0 Å². The fourth-order valence-corrected chi connectivity index (χ4v) is 3.02. The van der Waals surface area contributed by atoms with E-state index < -0.39 is 4.92 Å². The number of hydrogen-bond acceptors (Lipinski definition) is 5. The zero-order valence-electron chi connectivity index (χ0n) is 11.7. The van der Waals surface area contributed by atoms with Crippen LogP contribution in [0.15, 0.2) is 18.2 Å². The lowest BCUT2D eigenvalue weighted by Crippen LogP contribution is -2.36. The van der Waals surface area contributed by atoms with Gasteiger partial charge in [0.2, 0.25) is 5.95 Å². The summed E-state index contributed by atoms with van der Waals surface area (Å²) in [5.41, 5.74) is 1.41. The van der Waals surface area contributed by atoms with Gasteiger partial charge in [0, 0.05) is 24.7 Å². The highest BCUT2D eigenvalue weighted by Crippen LogP contribution is 2.28. The van der Waals surface area contributed by atoms with E-state index in [-0.39, 0.29) is 12.3 Å². The number of H-pyrrole nitrogens is 1. The van der Waals surface area contributed by atoms with Gasteiger partial charge in [0.15, 0.2) is 0 Å². The molecule has 21 heavy (non-hydrogen) atoms. The first kappa shape index (κ1) is 13.8. The number of anilines is 1. The number of benzene rings is 1. The summed E-state index contributed by atoms with van der Waals surface area (Å²) >= 11 is 0. The Hall–Kier alpha value is -2.15. The molecule has 7 heteroatoms. The molecule has 1 fully saturated rings. The summed E-state index contributed by atoms with van der Waals surface area (Å²) in [5.74, 6) is 0.687. The van der Waals surface area contributed by atoms with Crippen LogP contribution in [0, 0.1) is 10.1 Å². The van der Waals surface area contributed by atoms with Gasteiger partial charge in [-0.3, -0.25) is 10.1 Å². The van der Waals surface area contributed by atoms with E-state index in [1.807, 2.05) is 0 Å². The number of fused-ring (bicyclic) bond motifs is 1. The zero-order valence-corrected chi connectivity index (χ0v) is 11.7. The number of rotatable bonds is 5. The number of nitrogens with one attached hydrogen (secondary N) is 1. The molecule has 1 aliphatic rings. The normalized spacial score (nSPS) is 15.7. The Morgan fingerprint density at radius 3 is 2.86 bits per heavy atom. The average molecular weight is 290 g/mol. The smallest absolute Gasteiger partial charge is 0.271 e. The van der Waals surface area contributed by atoms with Crippen molar-refractivity contribution >= 4 is 22.7 Å². The summed E-state index contributed by atoms with van der Waals surface area (Å²) in [6.45, 7) is 0.584. The number of aromatic nitrogens is 2. The molecule has 0 unspecified atom stereocenters. The summed E-state index contributed by atoms with van der Waals surface area (Å²) < 4.78 is 0. The van der Waals surface area contributed by atoms with Crippen molar-refractivity contribution in [1.82, 2.24) is 9.97 Å². The lowest BCUT2D eigenvalue weighted by atomic mass is 10.2. The Morgan fingerprint density at radius 2 is 2.19 bits per heavy atom. The molecule has 1 aliphatic carbocycles. The van der Waals surface area contributed by atoms with Gasteiger partial charge in [-0.25, -0.2) is 4.98 Å². The predicted octanol–water partition coefficient (Wildman–Crippen LogP) is 2.21. The van der Waals surface area contributed by atoms with E-state index in [9.17, 15) is 15.2 Å². The van der Waals surface area contributed by atoms with Crippen LogP contribution >= 0.6 is 0 Å². The van der Waals surface area contributed by atoms with Crippen LogP contribution in [0.5, 0.6) is 0 Å². The molecule has 1 saturated carbocycles. The van der Waals surface area contributed by atoms with E-state index in [1.54, 1.807) is 6.07 Å². The van der Waals surface area contributed by atoms with Gasteiger partial charge in [-0.05, 0) is 18.9 Å². The first-order valence-electron chi connectivity index (χ1n) is 7.20. The number of aliphatic hydroxyl groups is 1. The monoisotopic (exact) mass is 290 g/mol. The number of hydrogen-bond donors (Lipinski definition) is 2. The standard InChI is InChI=1S/C14H18N4O3/c19-8-7-17(10-3-1-2-4-10)14-15-12-6-5-11(18(20)21)9-13(12)16-14/h5-6,9-10,19H,1-4,7-8H2,(H,15,16). The average Bonchev–Trinajstić information content (AvgIpc) is 3.12. The van der Waals surface area contributed by atoms with Crippen LogP contribution in [-0.2, 0) is 0 Å². The summed E-state index contributed by atoms with van der Waals surface area (Å²) in [6, 6.07) is 4.99. The van der Waals surface area contributed by atoms with Crippen molar-refractivity contribution in [3.8, 4) is 0 Å². The van der Waals surface area contributed by atoms with Gasteiger partial charge >= 0.3 is 0 Å². The second-order valence-electron chi connectivity index (χ2n) is 5.37. The van der Waals surface area contributed by atoms with E-state index >= 15 is 0 Å². The number of non-ortho nitro benzene ring substituents is 1. The molecule has 1 aromatic heterocycles. The fraction of sp³-hybridized carbons (Fsp3) is 0.500. The largest absolute Gasteiger partial charge is 0.395 e. The quantitative estimate of drug-likeness (QED) is 0.650. The van der Waals surface area contributed by atoms with Crippen molar-refractivity contribution in [3.63, 3.8) is 0 Å². The summed E-state index contributed by atoms with van der Waals surface area (Å²) in [7, 11) is 0. The highest BCUT2D eigenvalue weighted by atomic mass is 16.6. The maximum atomic E-state index is 10.8. The van der Waals surface area contributed by atoms with E-state index in [0.29, 0.717) is 29.6 Å². The van der Waals surface area contributed by atoms with E-state index in [0.717, 1.165) is 12.8 Å². The van der Waals surface area contributed by atoms with Gasteiger partial charge in [0.1, 0.15) is 0 Å². The molecule has 1 heterocycles. The third-order valence-corrected chi connectivity index (χ3v) is 4.04. The molecular formula is C14H18N4O3. The van der Waals surface area contributed by atoms with Crippen LogP contribution in [-0.4, -0.2) is 39.2 Å². The highest BCUT2D eigenvalue weighted by molar-refractivity contribution is 5.80. The lowest BCUT2D eigenvalue weighted by Gasteiger charge is -2.27. The molecule has 0 radical (unpaired) electrons. The lowest BCUT2D eigenvalue weighted by molar-refractivity contribution is -0.384. The third-order valence-electron chi connectivity index (χ3n) is 4.04. The van der Waals surface area contributed by atoms with Crippen LogP contribution in [0.2, 0.25) is 0 Å². The minimum absolute atomic E-state index is 0.0484. The van der Waals surface area contributed by atoms with Crippen molar-refractivity contribution in [2.24, 2.45) is 0 Å². The highest BCUT2D eigenvalue weighted by Gasteiger charge is 2.24. The van der Waals surface area contributed by atoms with E-state index in [1.165, 1.54) is 25.0 Å². The summed E-state index contributed by atoms with van der Waals surface area (Å²) in [5, 5.41) is 20.1. The molecule has 0 saturated heterocycles. The number of imidazole rings is 1. The Balaban J connectivity index is 1.95. The van der Waals surface area contributed by atoms with Gasteiger partial charge in [0.25, 0.3) is 5.69 Å². The number of aliphatic hydroxyl groups excluding tert-OH is 1. The molecule has 112 valence electrons. The Morgan fingerprint density at radius 1 is 1.43 bits per heavy atom. The summed E-state index contributed by atoms with van der Waals surface area (Å²) in [4.78, 5) is 20.2. The second-order valence-corrected chi connectivity index (χ2v) is 5.37. The number of nitrogens with zero attached hydrogens (tertiary/aromatic N) is 3. The van der Waals surface area contributed by atoms with Gasteiger partial charge in [-0.1, -0.05) is 12.8 Å². The minimum Gasteiger partial charge on any atom is -0.395 e. The van der Waals surface area contributed by atoms with E-state index in [4.69, 9.17) is 0 Å².